The van der Waals surface area contributed by atoms with Crippen molar-refractivity contribution < 1.29 is 21.7 Å². The summed E-state index contributed by atoms with van der Waals surface area (Å²) in [5.74, 6) is 0. The van der Waals surface area contributed by atoms with Crippen LogP contribution in [-0.4, -0.2) is 13.1 Å². The number of rotatable bonds is 10. The third kappa shape index (κ3) is 24.5. The summed E-state index contributed by atoms with van der Waals surface area (Å²) in [5.41, 5.74) is 0. The van der Waals surface area contributed by atoms with Gasteiger partial charge in [0, 0.05) is 21.7 Å². The van der Waals surface area contributed by atoms with Crippen LogP contribution in [0.3, 0.4) is 0 Å². The first-order valence-electron chi connectivity index (χ1n) is 6.05. The summed E-state index contributed by atoms with van der Waals surface area (Å²) in [7, 11) is 0. The molecule has 4 heteroatoms. The molecule has 0 radical (unpaired) electrons. The molecule has 0 rings (SSSR count). The minimum Gasteiger partial charge on any atom is -0.662 e. The van der Waals surface area contributed by atoms with Gasteiger partial charge in [-0.15, -0.1) is 37.9 Å². The van der Waals surface area contributed by atoms with Crippen molar-refractivity contribution in [3.63, 3.8) is 0 Å². The summed E-state index contributed by atoms with van der Waals surface area (Å²) in [5, 5.41) is 4.51. The zero-order valence-electron chi connectivity index (χ0n) is 10.8. The van der Waals surface area contributed by atoms with Crippen LogP contribution >= 0.6 is 24.8 Å². The van der Waals surface area contributed by atoms with Gasteiger partial charge in [-0.1, -0.05) is 65.2 Å². The minimum absolute atomic E-state index is 0. The van der Waals surface area contributed by atoms with E-state index in [4.69, 9.17) is 0 Å². The van der Waals surface area contributed by atoms with Gasteiger partial charge in [-0.05, 0) is 0 Å². The standard InChI is InChI=1S/C12H26N.2ClH.Ti/c1-3-5-7-9-11-13-12-10-8-6-4-2;;;/h3-12H2,1-2H3;2*1H;/q-1;;;. The van der Waals surface area contributed by atoms with Crippen molar-refractivity contribution in [1.29, 1.82) is 0 Å². The second kappa shape index (κ2) is 25.2. The molecule has 0 aliphatic carbocycles. The summed E-state index contributed by atoms with van der Waals surface area (Å²) < 4.78 is 0. The predicted octanol–water partition coefficient (Wildman–Crippen LogP) is 5.36. The molecule has 0 aromatic heterocycles. The molecular weight excluding hydrogens is 277 g/mol. The number of nitrogens with zero attached hydrogens (tertiary/aromatic N) is 1. The van der Waals surface area contributed by atoms with E-state index in [9.17, 15) is 0 Å². The molecule has 0 heterocycles. The van der Waals surface area contributed by atoms with E-state index in [0.29, 0.717) is 0 Å². The second-order valence-corrected chi connectivity index (χ2v) is 3.79. The molecule has 1 nitrogen and oxygen atoms in total. The van der Waals surface area contributed by atoms with Gasteiger partial charge in [0.25, 0.3) is 0 Å². The summed E-state index contributed by atoms with van der Waals surface area (Å²) in [6.45, 7) is 6.71. The van der Waals surface area contributed by atoms with Crippen LogP contribution in [0.5, 0.6) is 0 Å². The number of hydrogen-bond donors (Lipinski definition) is 0. The normalized spacial score (nSPS) is 8.62. The Balaban J connectivity index is -0.000000240. The van der Waals surface area contributed by atoms with Gasteiger partial charge in [0.15, 0.2) is 0 Å². The Morgan fingerprint density at radius 3 is 1.31 bits per heavy atom. The average Bonchev–Trinajstić information content (AvgIpc) is 2.16. The van der Waals surface area contributed by atoms with Gasteiger partial charge in [0.05, 0.1) is 0 Å². The van der Waals surface area contributed by atoms with Gasteiger partial charge < -0.3 is 5.32 Å². The fourth-order valence-corrected chi connectivity index (χ4v) is 1.41. The molecule has 0 saturated carbocycles. The van der Waals surface area contributed by atoms with E-state index in [2.05, 4.69) is 19.2 Å². The van der Waals surface area contributed by atoms with Crippen LogP contribution in [0.15, 0.2) is 0 Å². The van der Waals surface area contributed by atoms with Crippen molar-refractivity contribution in [2.75, 3.05) is 13.1 Å². The fraction of sp³-hybridized carbons (Fsp3) is 1.00. The zero-order chi connectivity index (χ0) is 9.78. The zero-order valence-corrected chi connectivity index (χ0v) is 14.0. The summed E-state index contributed by atoms with van der Waals surface area (Å²) in [6, 6.07) is 0. The van der Waals surface area contributed by atoms with Crippen LogP contribution in [0.2, 0.25) is 0 Å². The van der Waals surface area contributed by atoms with E-state index >= 15 is 0 Å². The molecule has 0 bridgehead atoms. The predicted molar refractivity (Wildman–Crippen MR) is 75.9 cm³/mol. The summed E-state index contributed by atoms with van der Waals surface area (Å²) in [4.78, 5) is 0. The van der Waals surface area contributed by atoms with Gasteiger partial charge in [-0.25, -0.2) is 0 Å². The smallest absolute Gasteiger partial charge is 0 e. The Bertz CT molecular complexity index is 85.1. The first kappa shape index (κ1) is 25.9. The molecule has 0 fully saturated rings. The van der Waals surface area contributed by atoms with Crippen LogP contribution in [0.4, 0.5) is 0 Å². The van der Waals surface area contributed by atoms with Gasteiger partial charge in [0.2, 0.25) is 0 Å². The Morgan fingerprint density at radius 1 is 0.625 bits per heavy atom. The van der Waals surface area contributed by atoms with Crippen LogP contribution in [0.1, 0.15) is 65.2 Å². The van der Waals surface area contributed by atoms with Crippen LogP contribution in [-0.2, 0) is 21.7 Å². The van der Waals surface area contributed by atoms with Gasteiger partial charge in [-0.2, -0.15) is 0 Å². The van der Waals surface area contributed by atoms with Crippen LogP contribution < -0.4 is 0 Å². The van der Waals surface area contributed by atoms with Crippen molar-refractivity contribution >= 4 is 24.8 Å². The fourth-order valence-electron chi connectivity index (χ4n) is 1.41. The molecule has 0 unspecified atom stereocenters. The summed E-state index contributed by atoms with van der Waals surface area (Å²) in [6.07, 6.45) is 10.8. The molecule has 100 valence electrons. The maximum atomic E-state index is 4.51. The first-order valence-corrected chi connectivity index (χ1v) is 6.05. The van der Waals surface area contributed by atoms with Gasteiger partial charge in [-0.3, -0.25) is 0 Å². The van der Waals surface area contributed by atoms with Crippen LogP contribution in [0, 0.1) is 0 Å². The van der Waals surface area contributed by atoms with Crippen molar-refractivity contribution in [2.45, 2.75) is 65.2 Å². The first-order chi connectivity index (χ1) is 6.41. The van der Waals surface area contributed by atoms with Gasteiger partial charge in [0.1, 0.15) is 0 Å². The van der Waals surface area contributed by atoms with Crippen LogP contribution in [0.25, 0.3) is 5.32 Å². The quantitative estimate of drug-likeness (QED) is 0.381. The largest absolute Gasteiger partial charge is 0.662 e. The third-order valence-corrected chi connectivity index (χ3v) is 2.34. The van der Waals surface area contributed by atoms with Crippen molar-refractivity contribution in [2.24, 2.45) is 0 Å². The monoisotopic (exact) mass is 304 g/mol. The Morgan fingerprint density at radius 2 is 1.00 bits per heavy atom. The van der Waals surface area contributed by atoms with E-state index in [0.717, 1.165) is 13.1 Å². The molecule has 0 amide bonds. The van der Waals surface area contributed by atoms with E-state index in [1.165, 1.54) is 51.4 Å². The maximum absolute atomic E-state index is 4.51. The van der Waals surface area contributed by atoms with E-state index in [1.54, 1.807) is 0 Å². The van der Waals surface area contributed by atoms with E-state index in [-0.39, 0.29) is 46.5 Å². The molecule has 16 heavy (non-hydrogen) atoms. The molecule has 0 aliphatic rings. The van der Waals surface area contributed by atoms with Crippen molar-refractivity contribution in [1.82, 2.24) is 0 Å². The maximum Gasteiger partial charge on any atom is 0 e. The average molecular weight is 305 g/mol. The molecule has 0 aliphatic heterocycles. The molecule has 0 aromatic carbocycles. The molecule has 0 aromatic rings. The van der Waals surface area contributed by atoms with E-state index in [1.807, 2.05) is 0 Å². The second-order valence-electron chi connectivity index (χ2n) is 3.79. The molecule has 0 spiro atoms. The Kier molecular flexibility index (Phi) is 40.8. The minimum atomic E-state index is 0. The van der Waals surface area contributed by atoms with Crippen molar-refractivity contribution in [3.05, 3.63) is 5.32 Å². The molecule has 0 saturated heterocycles. The number of halogens is 2. The third-order valence-electron chi connectivity index (χ3n) is 2.34. The topological polar surface area (TPSA) is 14.1 Å². The summed E-state index contributed by atoms with van der Waals surface area (Å²) >= 11 is 0. The SMILES string of the molecule is CCCCCC[N-]CCCCCC.Cl.Cl.[Ti]. The number of hydrogen-bond acceptors (Lipinski definition) is 0. The molecule has 0 N–H and O–H groups in total. The Labute approximate surface area is 130 Å². The van der Waals surface area contributed by atoms with Gasteiger partial charge >= 0.3 is 0 Å². The number of unbranched alkanes of at least 4 members (excludes halogenated alkanes) is 6. The van der Waals surface area contributed by atoms with E-state index < -0.39 is 0 Å². The van der Waals surface area contributed by atoms with Crippen molar-refractivity contribution in [3.8, 4) is 0 Å². The molecule has 0 atom stereocenters. The Hall–Kier alpha value is 1.25. The molecular formula is C12H28Cl2NTi-.